The van der Waals surface area contributed by atoms with Gasteiger partial charge in [-0.1, -0.05) is 11.6 Å². The number of nitro groups is 1. The Balaban J connectivity index is 3.05. The summed E-state index contributed by atoms with van der Waals surface area (Å²) in [5.41, 5.74) is -0.823. The zero-order valence-corrected chi connectivity index (χ0v) is 10.9. The highest BCUT2D eigenvalue weighted by Crippen LogP contribution is 2.19. The summed E-state index contributed by atoms with van der Waals surface area (Å²) in [5, 5.41) is 30.3. The second-order valence-electron chi connectivity index (χ2n) is 3.82. The highest BCUT2D eigenvalue weighted by Gasteiger charge is 2.27. The number of hydrogen-bond donors (Lipinski definition) is 3. The van der Waals surface area contributed by atoms with Crippen LogP contribution in [0.3, 0.4) is 0 Å². The van der Waals surface area contributed by atoms with E-state index < -0.39 is 34.6 Å². The fraction of sp³-hybridized carbons (Fsp3) is 0.300. The number of aliphatic carboxylic acids is 1. The number of rotatable bonds is 5. The Morgan fingerprint density at radius 2 is 2.15 bits per heavy atom. The molecule has 0 aromatic carbocycles. The van der Waals surface area contributed by atoms with Crippen molar-refractivity contribution >= 4 is 29.2 Å². The zero-order valence-electron chi connectivity index (χ0n) is 10.1. The molecule has 0 saturated heterocycles. The molecule has 20 heavy (non-hydrogen) atoms. The van der Waals surface area contributed by atoms with Crippen molar-refractivity contribution in [1.29, 1.82) is 0 Å². The summed E-state index contributed by atoms with van der Waals surface area (Å²) in [7, 11) is 0. The highest BCUT2D eigenvalue weighted by molar-refractivity contribution is 6.32. The maximum absolute atomic E-state index is 11.8. The molecule has 1 heterocycles. The molecule has 0 radical (unpaired) electrons. The lowest BCUT2D eigenvalue weighted by atomic mass is 10.1. The van der Waals surface area contributed by atoms with Gasteiger partial charge < -0.3 is 15.5 Å². The van der Waals surface area contributed by atoms with Gasteiger partial charge in [0.25, 0.3) is 11.6 Å². The average Bonchev–Trinajstić information content (AvgIpc) is 2.34. The van der Waals surface area contributed by atoms with Crippen LogP contribution in [0.5, 0.6) is 0 Å². The summed E-state index contributed by atoms with van der Waals surface area (Å²) in [6.07, 6.45) is -0.496. The molecule has 9 nitrogen and oxygen atoms in total. The second kappa shape index (κ2) is 6.26. The number of nitrogens with zero attached hydrogens (tertiary/aromatic N) is 2. The minimum atomic E-state index is -1.57. The quantitative estimate of drug-likeness (QED) is 0.400. The minimum Gasteiger partial charge on any atom is -0.480 e. The SMILES string of the molecule is C[C@@H](O)[C@H](NC(=O)c1cc([N+](=O)[O-])cnc1Cl)C(=O)O. The second-order valence-corrected chi connectivity index (χ2v) is 4.18. The van der Waals surface area contributed by atoms with Crippen molar-refractivity contribution in [3.05, 3.63) is 33.1 Å². The molecule has 0 aliphatic rings. The monoisotopic (exact) mass is 303 g/mol. The van der Waals surface area contributed by atoms with E-state index in [1.165, 1.54) is 6.92 Å². The number of amides is 1. The van der Waals surface area contributed by atoms with E-state index in [0.29, 0.717) is 0 Å². The van der Waals surface area contributed by atoms with Crippen LogP contribution < -0.4 is 5.32 Å². The van der Waals surface area contributed by atoms with Gasteiger partial charge in [-0.2, -0.15) is 0 Å². The Morgan fingerprint density at radius 1 is 1.55 bits per heavy atom. The van der Waals surface area contributed by atoms with Crippen molar-refractivity contribution in [2.45, 2.75) is 19.1 Å². The van der Waals surface area contributed by atoms with Crippen LogP contribution in [0.25, 0.3) is 0 Å². The molecule has 0 aliphatic heterocycles. The smallest absolute Gasteiger partial charge is 0.328 e. The van der Waals surface area contributed by atoms with Crippen LogP contribution in [-0.4, -0.2) is 44.1 Å². The normalized spacial score (nSPS) is 13.3. The van der Waals surface area contributed by atoms with Crippen LogP contribution in [0.15, 0.2) is 12.3 Å². The number of halogens is 1. The molecule has 3 N–H and O–H groups in total. The molecule has 10 heteroatoms. The van der Waals surface area contributed by atoms with E-state index >= 15 is 0 Å². The fourth-order valence-electron chi connectivity index (χ4n) is 1.30. The number of nitrogens with one attached hydrogen (secondary N) is 1. The molecule has 108 valence electrons. The van der Waals surface area contributed by atoms with Gasteiger partial charge in [0.2, 0.25) is 0 Å². The number of carboxylic acids is 1. The Labute approximate surface area is 117 Å². The predicted octanol–water partition coefficient (Wildman–Crippen LogP) is 0.207. The highest BCUT2D eigenvalue weighted by atomic mass is 35.5. The lowest BCUT2D eigenvalue weighted by Crippen LogP contribution is -2.47. The summed E-state index contributed by atoms with van der Waals surface area (Å²) >= 11 is 5.63. The molecule has 0 bridgehead atoms. The lowest BCUT2D eigenvalue weighted by Gasteiger charge is -2.17. The number of carbonyl (C=O) groups excluding carboxylic acids is 1. The molecule has 0 aliphatic carbocycles. The number of hydrogen-bond acceptors (Lipinski definition) is 6. The van der Waals surface area contributed by atoms with E-state index in [-0.39, 0.29) is 10.7 Å². The van der Waals surface area contributed by atoms with Gasteiger partial charge in [-0.15, -0.1) is 0 Å². The van der Waals surface area contributed by atoms with E-state index in [2.05, 4.69) is 4.98 Å². The van der Waals surface area contributed by atoms with Crippen molar-refractivity contribution < 1.29 is 24.7 Å². The maximum atomic E-state index is 11.8. The van der Waals surface area contributed by atoms with Crippen molar-refractivity contribution in [3.63, 3.8) is 0 Å². The van der Waals surface area contributed by atoms with Crippen LogP contribution in [0.2, 0.25) is 5.15 Å². The summed E-state index contributed by atoms with van der Waals surface area (Å²) in [6.45, 7) is 1.17. The van der Waals surface area contributed by atoms with Gasteiger partial charge in [0, 0.05) is 6.07 Å². The van der Waals surface area contributed by atoms with Crippen LogP contribution in [-0.2, 0) is 4.79 Å². The maximum Gasteiger partial charge on any atom is 0.328 e. The van der Waals surface area contributed by atoms with Crippen molar-refractivity contribution in [3.8, 4) is 0 Å². The van der Waals surface area contributed by atoms with Crippen molar-refractivity contribution in [2.75, 3.05) is 0 Å². The molecule has 1 aromatic rings. The molecule has 0 spiro atoms. The van der Waals surface area contributed by atoms with E-state index in [0.717, 1.165) is 12.3 Å². The summed E-state index contributed by atoms with van der Waals surface area (Å²) < 4.78 is 0. The third kappa shape index (κ3) is 3.62. The molecule has 2 atom stereocenters. The van der Waals surface area contributed by atoms with Gasteiger partial charge in [-0.3, -0.25) is 14.9 Å². The average molecular weight is 304 g/mol. The van der Waals surface area contributed by atoms with E-state index in [9.17, 15) is 24.8 Å². The molecular formula is C10H10ClN3O6. The van der Waals surface area contributed by atoms with Crippen LogP contribution in [0.1, 0.15) is 17.3 Å². The molecule has 0 unspecified atom stereocenters. The number of aliphatic hydroxyl groups is 1. The molecule has 0 fully saturated rings. The van der Waals surface area contributed by atoms with Crippen molar-refractivity contribution in [1.82, 2.24) is 10.3 Å². The van der Waals surface area contributed by atoms with Crippen LogP contribution in [0.4, 0.5) is 5.69 Å². The van der Waals surface area contributed by atoms with Gasteiger partial charge >= 0.3 is 5.97 Å². The lowest BCUT2D eigenvalue weighted by molar-refractivity contribution is -0.385. The number of carboxylic acid groups (broad SMARTS) is 1. The van der Waals surface area contributed by atoms with E-state index in [4.69, 9.17) is 16.7 Å². The molecule has 1 amide bonds. The van der Waals surface area contributed by atoms with Crippen LogP contribution >= 0.6 is 11.6 Å². The Bertz CT molecular complexity index is 562. The van der Waals surface area contributed by atoms with Gasteiger partial charge in [0.1, 0.15) is 11.3 Å². The van der Waals surface area contributed by atoms with Gasteiger partial charge in [0.15, 0.2) is 6.04 Å². The predicted molar refractivity (Wildman–Crippen MR) is 66.5 cm³/mol. The molecule has 1 aromatic heterocycles. The first-order valence-electron chi connectivity index (χ1n) is 5.25. The Kier molecular flexibility index (Phi) is 4.94. The van der Waals surface area contributed by atoms with Gasteiger partial charge in [-0.05, 0) is 6.92 Å². The summed E-state index contributed by atoms with van der Waals surface area (Å²) in [5.74, 6) is -2.44. The number of aromatic nitrogens is 1. The topological polar surface area (TPSA) is 143 Å². The minimum absolute atomic E-state index is 0.317. The Hall–Kier alpha value is -2.26. The molecule has 0 saturated carbocycles. The number of aliphatic hydroxyl groups excluding tert-OH is 1. The third-order valence-electron chi connectivity index (χ3n) is 2.32. The van der Waals surface area contributed by atoms with Gasteiger partial charge in [-0.25, -0.2) is 9.78 Å². The first kappa shape index (κ1) is 15.8. The first-order chi connectivity index (χ1) is 9.23. The Morgan fingerprint density at radius 3 is 2.60 bits per heavy atom. The number of carbonyl (C=O) groups is 2. The molecule has 1 rings (SSSR count). The first-order valence-corrected chi connectivity index (χ1v) is 5.63. The van der Waals surface area contributed by atoms with Gasteiger partial charge in [0.05, 0.1) is 16.6 Å². The van der Waals surface area contributed by atoms with E-state index in [1.54, 1.807) is 0 Å². The van der Waals surface area contributed by atoms with Crippen LogP contribution in [0, 0.1) is 10.1 Å². The summed E-state index contributed by atoms with van der Waals surface area (Å²) in [4.78, 5) is 35.9. The van der Waals surface area contributed by atoms with Crippen molar-refractivity contribution in [2.24, 2.45) is 0 Å². The zero-order chi connectivity index (χ0) is 15.4. The summed E-state index contributed by atoms with van der Waals surface area (Å²) in [6, 6.07) is -0.705. The van der Waals surface area contributed by atoms with E-state index in [1.807, 2.05) is 5.32 Å². The fourth-order valence-corrected chi connectivity index (χ4v) is 1.49. The standard InChI is InChI=1S/C10H10ClN3O6/c1-4(15)7(10(17)18)13-9(16)6-2-5(14(19)20)3-12-8(6)11/h2-4,7,15H,1H3,(H,13,16)(H,17,18)/t4-,7+/m1/s1. The molecular weight excluding hydrogens is 294 g/mol. The largest absolute Gasteiger partial charge is 0.480 e. The number of pyridine rings is 1. The third-order valence-corrected chi connectivity index (χ3v) is 2.62.